The van der Waals surface area contributed by atoms with Crippen molar-refractivity contribution in [1.29, 1.82) is 0 Å². The summed E-state index contributed by atoms with van der Waals surface area (Å²) in [5.41, 5.74) is 7.13. The first kappa shape index (κ1) is 13.7. The molecule has 2 heteroatoms. The molecule has 3 aromatic rings. The van der Waals surface area contributed by atoms with Gasteiger partial charge in [-0.25, -0.2) is 0 Å². The Kier molecular flexibility index (Phi) is 3.36. The van der Waals surface area contributed by atoms with Crippen molar-refractivity contribution >= 4 is 15.9 Å². The molecule has 0 saturated carbocycles. The molecule has 0 heterocycles. The van der Waals surface area contributed by atoms with E-state index in [1.165, 1.54) is 22.3 Å². The average Bonchev–Trinajstić information content (AvgIpc) is 2.91. The summed E-state index contributed by atoms with van der Waals surface area (Å²) in [6.45, 7) is 0. The fraction of sp³-hybridized carbons (Fsp3) is 0.100. The van der Waals surface area contributed by atoms with Gasteiger partial charge in [0.2, 0.25) is 0 Å². The van der Waals surface area contributed by atoms with Gasteiger partial charge >= 0.3 is 0 Å². The van der Waals surface area contributed by atoms with Crippen LogP contribution in [-0.4, -0.2) is 5.11 Å². The molecule has 0 amide bonds. The minimum atomic E-state index is -0.591. The highest BCUT2D eigenvalue weighted by Crippen LogP contribution is 2.38. The molecule has 3 aromatic carbocycles. The summed E-state index contributed by atoms with van der Waals surface area (Å²) >= 11 is 3.46. The fourth-order valence-corrected chi connectivity index (χ4v) is 3.62. The van der Waals surface area contributed by atoms with E-state index in [1.807, 2.05) is 30.3 Å². The first-order chi connectivity index (χ1) is 10.7. The molecule has 0 aromatic heterocycles. The molecule has 0 saturated heterocycles. The highest BCUT2D eigenvalue weighted by atomic mass is 79.9. The van der Waals surface area contributed by atoms with E-state index in [0.29, 0.717) is 0 Å². The van der Waals surface area contributed by atoms with E-state index >= 15 is 0 Å². The van der Waals surface area contributed by atoms with Crippen LogP contribution < -0.4 is 0 Å². The number of hydrogen-bond donors (Lipinski definition) is 1. The SMILES string of the molecule is O[C@H](c1cccc(Br)c1)c1ccc2c(c1)Cc1ccccc1-2. The van der Waals surface area contributed by atoms with Crippen LogP contribution in [0.4, 0.5) is 0 Å². The third-order valence-electron chi connectivity index (χ3n) is 4.30. The maximum absolute atomic E-state index is 10.6. The van der Waals surface area contributed by atoms with Crippen LogP contribution >= 0.6 is 15.9 Å². The number of aliphatic hydroxyl groups is 1. The van der Waals surface area contributed by atoms with Gasteiger partial charge in [-0.15, -0.1) is 0 Å². The predicted octanol–water partition coefficient (Wildman–Crippen LogP) is 5.10. The van der Waals surface area contributed by atoms with Gasteiger partial charge in [-0.3, -0.25) is 0 Å². The summed E-state index contributed by atoms with van der Waals surface area (Å²) in [5.74, 6) is 0. The molecule has 108 valence electrons. The van der Waals surface area contributed by atoms with Crippen molar-refractivity contribution in [1.82, 2.24) is 0 Å². The van der Waals surface area contributed by atoms with Gasteiger partial charge in [-0.1, -0.05) is 70.5 Å². The molecule has 1 atom stereocenters. The summed E-state index contributed by atoms with van der Waals surface area (Å²) < 4.78 is 0.984. The Morgan fingerprint density at radius 1 is 0.773 bits per heavy atom. The van der Waals surface area contributed by atoms with E-state index in [-0.39, 0.29) is 0 Å². The summed E-state index contributed by atoms with van der Waals surface area (Å²) in [6.07, 6.45) is 0.358. The van der Waals surface area contributed by atoms with Gasteiger partial charge in [0.1, 0.15) is 6.10 Å². The normalized spacial score (nSPS) is 13.5. The third-order valence-corrected chi connectivity index (χ3v) is 4.79. The average molecular weight is 351 g/mol. The summed E-state index contributed by atoms with van der Waals surface area (Å²) in [4.78, 5) is 0. The fourth-order valence-electron chi connectivity index (χ4n) is 3.20. The topological polar surface area (TPSA) is 20.2 Å². The lowest BCUT2D eigenvalue weighted by atomic mass is 9.97. The van der Waals surface area contributed by atoms with Crippen LogP contribution in [0.3, 0.4) is 0 Å². The second kappa shape index (κ2) is 5.38. The molecule has 1 aliphatic rings. The number of hydrogen-bond acceptors (Lipinski definition) is 1. The van der Waals surface area contributed by atoms with Gasteiger partial charge in [-0.2, -0.15) is 0 Å². The minimum Gasteiger partial charge on any atom is -0.384 e. The second-order valence-electron chi connectivity index (χ2n) is 5.71. The standard InChI is InChI=1S/C20H15BrO/c21-17-6-3-5-14(12-17)20(22)15-8-9-19-16(11-15)10-13-4-1-2-7-18(13)19/h1-9,11-12,20,22H,10H2/t20-/m1/s1. The van der Waals surface area contributed by atoms with Crippen LogP contribution in [0.5, 0.6) is 0 Å². The zero-order valence-corrected chi connectivity index (χ0v) is 13.5. The summed E-state index contributed by atoms with van der Waals surface area (Å²) in [6, 6.07) is 22.7. The summed E-state index contributed by atoms with van der Waals surface area (Å²) in [7, 11) is 0. The van der Waals surface area contributed by atoms with Crippen molar-refractivity contribution in [3.8, 4) is 11.1 Å². The van der Waals surface area contributed by atoms with E-state index in [1.54, 1.807) is 0 Å². The Morgan fingerprint density at radius 3 is 2.41 bits per heavy atom. The Bertz CT molecular complexity index is 854. The van der Waals surface area contributed by atoms with E-state index in [0.717, 1.165) is 22.0 Å². The van der Waals surface area contributed by atoms with Gasteiger partial charge in [0.05, 0.1) is 0 Å². The molecule has 4 rings (SSSR count). The van der Waals surface area contributed by atoms with Gasteiger partial charge in [0, 0.05) is 4.47 Å². The van der Waals surface area contributed by atoms with Crippen LogP contribution in [0.1, 0.15) is 28.4 Å². The van der Waals surface area contributed by atoms with Crippen molar-refractivity contribution in [2.75, 3.05) is 0 Å². The van der Waals surface area contributed by atoms with E-state index in [9.17, 15) is 5.11 Å². The largest absolute Gasteiger partial charge is 0.384 e. The lowest BCUT2D eigenvalue weighted by Crippen LogP contribution is -2.00. The molecule has 1 N–H and O–H groups in total. The zero-order valence-electron chi connectivity index (χ0n) is 12.0. The number of benzene rings is 3. The Hall–Kier alpha value is -1.90. The maximum Gasteiger partial charge on any atom is 0.104 e. The van der Waals surface area contributed by atoms with E-state index in [4.69, 9.17) is 0 Å². The van der Waals surface area contributed by atoms with Crippen LogP contribution in [0.15, 0.2) is 71.2 Å². The van der Waals surface area contributed by atoms with Gasteiger partial charge in [-0.05, 0) is 51.9 Å². The molecule has 22 heavy (non-hydrogen) atoms. The van der Waals surface area contributed by atoms with E-state index in [2.05, 4.69) is 52.3 Å². The number of halogens is 1. The van der Waals surface area contributed by atoms with Crippen LogP contribution in [0.2, 0.25) is 0 Å². The Balaban J connectivity index is 1.73. The van der Waals surface area contributed by atoms with Crippen molar-refractivity contribution in [2.24, 2.45) is 0 Å². The first-order valence-corrected chi connectivity index (χ1v) is 8.16. The van der Waals surface area contributed by atoms with Gasteiger partial charge in [0.15, 0.2) is 0 Å². The van der Waals surface area contributed by atoms with Crippen molar-refractivity contribution in [3.63, 3.8) is 0 Å². The predicted molar refractivity (Wildman–Crippen MR) is 92.9 cm³/mol. The van der Waals surface area contributed by atoms with Crippen molar-refractivity contribution in [3.05, 3.63) is 93.5 Å². The zero-order chi connectivity index (χ0) is 15.1. The summed E-state index contributed by atoms with van der Waals surface area (Å²) in [5, 5.41) is 10.6. The van der Waals surface area contributed by atoms with Crippen LogP contribution in [0, 0.1) is 0 Å². The molecular formula is C20H15BrO. The monoisotopic (exact) mass is 350 g/mol. The van der Waals surface area contributed by atoms with Crippen molar-refractivity contribution < 1.29 is 5.11 Å². The lowest BCUT2D eigenvalue weighted by molar-refractivity contribution is 0.220. The number of aliphatic hydroxyl groups excluding tert-OH is 1. The first-order valence-electron chi connectivity index (χ1n) is 7.37. The van der Waals surface area contributed by atoms with Gasteiger partial charge < -0.3 is 5.11 Å². The molecule has 0 bridgehead atoms. The quantitative estimate of drug-likeness (QED) is 0.533. The molecule has 1 nitrogen and oxygen atoms in total. The molecule has 0 unspecified atom stereocenters. The molecule has 0 spiro atoms. The lowest BCUT2D eigenvalue weighted by Gasteiger charge is -2.13. The molecule has 0 aliphatic heterocycles. The van der Waals surface area contributed by atoms with Crippen LogP contribution in [-0.2, 0) is 6.42 Å². The smallest absolute Gasteiger partial charge is 0.104 e. The molecule has 0 radical (unpaired) electrons. The second-order valence-corrected chi connectivity index (χ2v) is 6.62. The minimum absolute atomic E-state index is 0.591. The highest BCUT2D eigenvalue weighted by Gasteiger charge is 2.20. The molecule has 0 fully saturated rings. The third kappa shape index (κ3) is 2.29. The molecular weight excluding hydrogens is 336 g/mol. The number of rotatable bonds is 2. The number of fused-ring (bicyclic) bond motifs is 3. The van der Waals surface area contributed by atoms with E-state index < -0.39 is 6.10 Å². The molecule has 1 aliphatic carbocycles. The van der Waals surface area contributed by atoms with Crippen molar-refractivity contribution in [2.45, 2.75) is 12.5 Å². The maximum atomic E-state index is 10.6. The highest BCUT2D eigenvalue weighted by molar-refractivity contribution is 9.10. The Labute approximate surface area is 138 Å². The van der Waals surface area contributed by atoms with Gasteiger partial charge in [0.25, 0.3) is 0 Å². The Morgan fingerprint density at radius 2 is 1.55 bits per heavy atom. The van der Waals surface area contributed by atoms with Crippen LogP contribution in [0.25, 0.3) is 11.1 Å².